The van der Waals surface area contributed by atoms with Crippen molar-refractivity contribution in [1.29, 1.82) is 0 Å². The molecule has 0 saturated heterocycles. The fraction of sp³-hybridized carbons (Fsp3) is 0. The third-order valence-corrected chi connectivity index (χ3v) is 4.25. The summed E-state index contributed by atoms with van der Waals surface area (Å²) in [5, 5.41) is 3.17. The van der Waals surface area contributed by atoms with Gasteiger partial charge in [0, 0.05) is 10.0 Å². The SMILES string of the molecule is O=C(Nc1nc2c(Br)cccc2s1)c1cccc(F)c1. The van der Waals surface area contributed by atoms with Crippen LogP contribution in [0, 0.1) is 5.82 Å². The maximum Gasteiger partial charge on any atom is 0.257 e. The van der Waals surface area contributed by atoms with Gasteiger partial charge in [-0.3, -0.25) is 10.1 Å². The third-order valence-electron chi connectivity index (χ3n) is 2.68. The summed E-state index contributed by atoms with van der Waals surface area (Å²) in [6, 6.07) is 11.3. The summed E-state index contributed by atoms with van der Waals surface area (Å²) in [6.07, 6.45) is 0. The number of amides is 1. The largest absolute Gasteiger partial charge is 0.298 e. The topological polar surface area (TPSA) is 42.0 Å². The smallest absolute Gasteiger partial charge is 0.257 e. The highest BCUT2D eigenvalue weighted by Gasteiger charge is 2.11. The van der Waals surface area contributed by atoms with Crippen LogP contribution in [-0.2, 0) is 0 Å². The van der Waals surface area contributed by atoms with Gasteiger partial charge in [0.2, 0.25) is 0 Å². The van der Waals surface area contributed by atoms with E-state index in [0.717, 1.165) is 14.7 Å². The number of carbonyl (C=O) groups excluding carboxylic acids is 1. The number of carbonyl (C=O) groups is 1. The molecule has 6 heteroatoms. The highest BCUT2D eigenvalue weighted by atomic mass is 79.9. The molecule has 0 aliphatic carbocycles. The first kappa shape index (κ1) is 13.2. The van der Waals surface area contributed by atoms with E-state index in [1.807, 2.05) is 18.2 Å². The van der Waals surface area contributed by atoms with Crippen LogP contribution in [0.25, 0.3) is 10.2 Å². The molecule has 0 unspecified atom stereocenters. The zero-order chi connectivity index (χ0) is 14.1. The number of aromatic nitrogens is 1. The summed E-state index contributed by atoms with van der Waals surface area (Å²) in [5.74, 6) is -0.815. The minimum atomic E-state index is -0.440. The van der Waals surface area contributed by atoms with Gasteiger partial charge in [-0.2, -0.15) is 0 Å². The normalized spacial score (nSPS) is 10.7. The van der Waals surface area contributed by atoms with Crippen molar-refractivity contribution in [2.24, 2.45) is 0 Å². The van der Waals surface area contributed by atoms with E-state index in [0.29, 0.717) is 5.13 Å². The second-order valence-electron chi connectivity index (χ2n) is 4.07. The van der Waals surface area contributed by atoms with E-state index in [4.69, 9.17) is 0 Å². The Labute approximate surface area is 126 Å². The van der Waals surface area contributed by atoms with Gasteiger partial charge in [-0.25, -0.2) is 9.37 Å². The van der Waals surface area contributed by atoms with E-state index >= 15 is 0 Å². The standard InChI is InChI=1S/C14H8BrFN2OS/c15-10-5-2-6-11-12(10)17-14(20-11)18-13(19)8-3-1-4-9(16)7-8/h1-7H,(H,17,18,19). The lowest BCUT2D eigenvalue weighted by Gasteiger charge is -2.01. The number of fused-ring (bicyclic) bond motifs is 1. The molecule has 3 aromatic rings. The van der Waals surface area contributed by atoms with Gasteiger partial charge in [0.15, 0.2) is 5.13 Å². The number of nitrogens with zero attached hydrogens (tertiary/aromatic N) is 1. The number of halogens is 2. The highest BCUT2D eigenvalue weighted by molar-refractivity contribution is 9.10. The molecule has 0 saturated carbocycles. The molecular weight excluding hydrogens is 343 g/mol. The third kappa shape index (κ3) is 2.57. The Bertz CT molecular complexity index is 803. The van der Waals surface area contributed by atoms with Gasteiger partial charge in [-0.1, -0.05) is 23.5 Å². The molecule has 20 heavy (non-hydrogen) atoms. The molecule has 0 aliphatic rings. The lowest BCUT2D eigenvalue weighted by Crippen LogP contribution is -2.11. The maximum absolute atomic E-state index is 13.1. The average Bonchev–Trinajstić information content (AvgIpc) is 2.83. The molecule has 1 N–H and O–H groups in total. The first-order valence-electron chi connectivity index (χ1n) is 5.75. The number of hydrogen-bond donors (Lipinski definition) is 1. The quantitative estimate of drug-likeness (QED) is 0.741. The second kappa shape index (κ2) is 5.30. The van der Waals surface area contributed by atoms with E-state index in [2.05, 4.69) is 26.2 Å². The molecular formula is C14H8BrFN2OS. The van der Waals surface area contributed by atoms with Gasteiger partial charge in [-0.15, -0.1) is 0 Å². The van der Waals surface area contributed by atoms with E-state index < -0.39 is 5.82 Å². The molecule has 0 spiro atoms. The predicted molar refractivity (Wildman–Crippen MR) is 81.7 cm³/mol. The molecule has 0 bridgehead atoms. The van der Waals surface area contributed by atoms with Crippen LogP contribution in [-0.4, -0.2) is 10.9 Å². The lowest BCUT2D eigenvalue weighted by molar-refractivity contribution is 0.102. The zero-order valence-electron chi connectivity index (χ0n) is 10.1. The molecule has 0 fully saturated rings. The molecule has 1 amide bonds. The summed E-state index contributed by atoms with van der Waals surface area (Å²) in [7, 11) is 0. The number of hydrogen-bond acceptors (Lipinski definition) is 3. The molecule has 0 aliphatic heterocycles. The Morgan fingerprint density at radius 1 is 1.25 bits per heavy atom. The number of anilines is 1. The van der Waals surface area contributed by atoms with Crippen LogP contribution in [0.15, 0.2) is 46.9 Å². The van der Waals surface area contributed by atoms with Gasteiger partial charge in [-0.05, 0) is 46.3 Å². The van der Waals surface area contributed by atoms with Gasteiger partial charge >= 0.3 is 0 Å². The number of para-hydroxylation sites is 1. The van der Waals surface area contributed by atoms with Gasteiger partial charge < -0.3 is 0 Å². The van der Waals surface area contributed by atoms with Gasteiger partial charge in [0.25, 0.3) is 5.91 Å². The first-order valence-corrected chi connectivity index (χ1v) is 7.36. The van der Waals surface area contributed by atoms with E-state index in [9.17, 15) is 9.18 Å². The number of thiazole rings is 1. The van der Waals surface area contributed by atoms with Crippen molar-refractivity contribution in [3.05, 3.63) is 58.3 Å². The first-order chi connectivity index (χ1) is 9.63. The molecule has 3 nitrogen and oxygen atoms in total. The van der Waals surface area contributed by atoms with Crippen LogP contribution >= 0.6 is 27.3 Å². The summed E-state index contributed by atoms with van der Waals surface area (Å²) in [4.78, 5) is 16.4. The van der Waals surface area contributed by atoms with Crippen molar-refractivity contribution in [2.45, 2.75) is 0 Å². The van der Waals surface area contributed by atoms with E-state index in [1.165, 1.54) is 29.5 Å². The molecule has 100 valence electrons. The van der Waals surface area contributed by atoms with E-state index in [-0.39, 0.29) is 11.5 Å². The van der Waals surface area contributed by atoms with Crippen LogP contribution in [0.4, 0.5) is 9.52 Å². The summed E-state index contributed by atoms with van der Waals surface area (Å²) in [5.41, 5.74) is 1.07. The average molecular weight is 351 g/mol. The molecule has 3 rings (SSSR count). The Morgan fingerprint density at radius 2 is 2.05 bits per heavy atom. The minimum Gasteiger partial charge on any atom is -0.298 e. The lowest BCUT2D eigenvalue weighted by atomic mass is 10.2. The van der Waals surface area contributed by atoms with E-state index in [1.54, 1.807) is 6.07 Å². The Kier molecular flexibility index (Phi) is 3.50. The van der Waals surface area contributed by atoms with Crippen LogP contribution in [0.5, 0.6) is 0 Å². The highest BCUT2D eigenvalue weighted by Crippen LogP contribution is 2.31. The predicted octanol–water partition coefficient (Wildman–Crippen LogP) is 4.45. The fourth-order valence-corrected chi connectivity index (χ4v) is 3.24. The van der Waals surface area contributed by atoms with Crippen LogP contribution < -0.4 is 5.32 Å². The summed E-state index contributed by atoms with van der Waals surface area (Å²) in [6.45, 7) is 0. The van der Waals surface area contributed by atoms with Crippen LogP contribution in [0.2, 0.25) is 0 Å². The Morgan fingerprint density at radius 3 is 2.80 bits per heavy atom. The maximum atomic E-state index is 13.1. The zero-order valence-corrected chi connectivity index (χ0v) is 12.5. The fourth-order valence-electron chi connectivity index (χ4n) is 1.77. The van der Waals surface area contributed by atoms with Crippen molar-refractivity contribution in [3.8, 4) is 0 Å². The second-order valence-corrected chi connectivity index (χ2v) is 5.96. The van der Waals surface area contributed by atoms with Crippen LogP contribution in [0.1, 0.15) is 10.4 Å². The Hall–Kier alpha value is -1.79. The number of rotatable bonds is 2. The number of benzene rings is 2. The van der Waals surface area contributed by atoms with Gasteiger partial charge in [0.05, 0.1) is 10.2 Å². The molecule has 0 atom stereocenters. The van der Waals surface area contributed by atoms with Crippen LogP contribution in [0.3, 0.4) is 0 Å². The summed E-state index contributed by atoms with van der Waals surface area (Å²) < 4.78 is 14.9. The minimum absolute atomic E-state index is 0.267. The monoisotopic (exact) mass is 350 g/mol. The van der Waals surface area contributed by atoms with Crippen molar-refractivity contribution in [1.82, 2.24) is 4.98 Å². The van der Waals surface area contributed by atoms with Gasteiger partial charge in [0.1, 0.15) is 5.82 Å². The van der Waals surface area contributed by atoms with Crippen molar-refractivity contribution < 1.29 is 9.18 Å². The van der Waals surface area contributed by atoms with Crippen molar-refractivity contribution >= 4 is 48.5 Å². The Balaban J connectivity index is 1.89. The molecule has 1 heterocycles. The molecule has 2 aromatic carbocycles. The van der Waals surface area contributed by atoms with Crippen molar-refractivity contribution in [3.63, 3.8) is 0 Å². The van der Waals surface area contributed by atoms with Crippen molar-refractivity contribution in [2.75, 3.05) is 5.32 Å². The molecule has 1 aromatic heterocycles. The summed E-state index contributed by atoms with van der Waals surface area (Å²) >= 11 is 4.78. The molecule has 0 radical (unpaired) electrons. The number of nitrogens with one attached hydrogen (secondary N) is 1.